The molecule has 0 aliphatic carbocycles. The van der Waals surface area contributed by atoms with E-state index in [-0.39, 0.29) is 0 Å². The van der Waals surface area contributed by atoms with Crippen LogP contribution in [0.2, 0.25) is 0 Å². The van der Waals surface area contributed by atoms with Gasteiger partial charge in [-0.3, -0.25) is 0 Å². The molecular formula is HMnNO3S. The molecule has 6 heavy (non-hydrogen) atoms. The third-order valence-electron chi connectivity index (χ3n) is 0. The monoisotopic (exact) mass is 150 g/mol. The fraction of sp³-hybridized carbons (Fsp3) is 0. The van der Waals surface area contributed by atoms with Crippen molar-refractivity contribution in [3.8, 4) is 0 Å². The second-order valence-electron chi connectivity index (χ2n) is 0.238. The summed E-state index contributed by atoms with van der Waals surface area (Å²) in [6, 6.07) is 0. The SMILES string of the molecule is O=[N+]([O-])O.[S]=[Mn]. The fourth-order valence-electron chi connectivity index (χ4n) is 0. The van der Waals surface area contributed by atoms with E-state index in [1.807, 2.05) is 0 Å². The average Bonchev–Trinajstić information content (AvgIpc) is 1.41. The van der Waals surface area contributed by atoms with Crippen LogP contribution in [0.25, 0.3) is 0 Å². The number of hydrogen-bond acceptors (Lipinski definition) is 3. The van der Waals surface area contributed by atoms with Gasteiger partial charge in [-0.1, -0.05) is 0 Å². The van der Waals surface area contributed by atoms with Crippen LogP contribution in [-0.2, 0) is 14.4 Å². The van der Waals surface area contributed by atoms with E-state index in [0.29, 0.717) is 0 Å². The van der Waals surface area contributed by atoms with E-state index >= 15 is 0 Å². The van der Waals surface area contributed by atoms with E-state index in [9.17, 15) is 0 Å². The van der Waals surface area contributed by atoms with Crippen molar-refractivity contribution in [1.29, 1.82) is 0 Å². The molecule has 4 nitrogen and oxygen atoms in total. The van der Waals surface area contributed by atoms with E-state index in [1.165, 1.54) is 0 Å². The van der Waals surface area contributed by atoms with Crippen LogP contribution in [0, 0.1) is 10.1 Å². The molecule has 0 spiro atoms. The van der Waals surface area contributed by atoms with E-state index in [0.717, 1.165) is 0 Å². The molecular weight excluding hydrogens is 149 g/mol. The summed E-state index contributed by atoms with van der Waals surface area (Å²) in [5.74, 6) is 0. The van der Waals surface area contributed by atoms with E-state index in [4.69, 9.17) is 15.3 Å². The van der Waals surface area contributed by atoms with Crippen molar-refractivity contribution in [3.63, 3.8) is 0 Å². The van der Waals surface area contributed by atoms with Gasteiger partial charge < -0.3 is 5.21 Å². The molecule has 0 fully saturated rings. The van der Waals surface area contributed by atoms with Gasteiger partial charge in [0, 0.05) is 0 Å². The average molecular weight is 150 g/mol. The molecule has 1 N–H and O–H groups in total. The minimum absolute atomic E-state index is 1.50. The summed E-state index contributed by atoms with van der Waals surface area (Å²) >= 11 is 2.52. The first-order valence-corrected chi connectivity index (χ1v) is 2.47. The Kier molecular flexibility index (Phi) is 13.8. The fourth-order valence-corrected chi connectivity index (χ4v) is 0. The van der Waals surface area contributed by atoms with Crippen molar-refractivity contribution >= 4 is 10.6 Å². The molecule has 6 heteroatoms. The minimum atomic E-state index is -1.50. The predicted molar refractivity (Wildman–Crippen MR) is 16.4 cm³/mol. The summed E-state index contributed by atoms with van der Waals surface area (Å²) in [6.45, 7) is 0. The van der Waals surface area contributed by atoms with Gasteiger partial charge in [0.05, 0.1) is 0 Å². The van der Waals surface area contributed by atoms with Crippen molar-refractivity contribution in [2.45, 2.75) is 0 Å². The van der Waals surface area contributed by atoms with Crippen LogP contribution in [0.4, 0.5) is 0 Å². The van der Waals surface area contributed by atoms with Gasteiger partial charge in [0.1, 0.15) is 0 Å². The predicted octanol–water partition coefficient (Wildman–Crippen LogP) is 0.298. The third kappa shape index (κ3) is 9290. The standard InChI is InChI=1S/Mn.HNO3.S/c;2-1(3)4;/h;(H,2,3,4);. The quantitative estimate of drug-likeness (QED) is 0.306. The molecule has 0 bridgehead atoms. The molecule has 0 atom stereocenters. The maximum absolute atomic E-state index is 8.36. The van der Waals surface area contributed by atoms with Crippen LogP contribution < -0.4 is 0 Å². The number of hydrogen-bond donors (Lipinski definition) is 1. The Bertz CT molecular complexity index is 42.1. The Balaban J connectivity index is 0. The molecule has 0 rings (SSSR count). The van der Waals surface area contributed by atoms with Crippen molar-refractivity contribution in [3.05, 3.63) is 10.1 Å². The Morgan fingerprint density at radius 2 is 1.83 bits per heavy atom. The first kappa shape index (κ1) is 9.34. The van der Waals surface area contributed by atoms with Gasteiger partial charge in [0.15, 0.2) is 0 Å². The molecule has 0 amide bonds. The van der Waals surface area contributed by atoms with E-state index in [1.54, 1.807) is 0 Å². The van der Waals surface area contributed by atoms with Crippen LogP contribution in [0.3, 0.4) is 0 Å². The van der Waals surface area contributed by atoms with E-state index in [2.05, 4.69) is 24.9 Å². The third-order valence-corrected chi connectivity index (χ3v) is 0. The summed E-state index contributed by atoms with van der Waals surface area (Å²) in [6.07, 6.45) is 0. The van der Waals surface area contributed by atoms with Crippen molar-refractivity contribution in [2.75, 3.05) is 0 Å². The van der Waals surface area contributed by atoms with Gasteiger partial charge in [-0.2, -0.15) is 0 Å². The summed E-state index contributed by atoms with van der Waals surface area (Å²) in [5.41, 5.74) is 0. The summed E-state index contributed by atoms with van der Waals surface area (Å²) in [7, 11) is 3.90. The van der Waals surface area contributed by atoms with Crippen molar-refractivity contribution in [1.82, 2.24) is 0 Å². The molecule has 0 saturated carbocycles. The molecule has 0 radical (unpaired) electrons. The van der Waals surface area contributed by atoms with Crippen LogP contribution in [0.1, 0.15) is 0 Å². The summed E-state index contributed by atoms with van der Waals surface area (Å²) in [4.78, 5) is 8.36. The molecule has 0 heterocycles. The van der Waals surface area contributed by atoms with Crippen LogP contribution in [0.5, 0.6) is 0 Å². The van der Waals surface area contributed by atoms with Gasteiger partial charge >= 0.3 is 24.9 Å². The first-order valence-electron chi connectivity index (χ1n) is 0.719. The topological polar surface area (TPSA) is 63.4 Å². The van der Waals surface area contributed by atoms with Gasteiger partial charge in [-0.05, 0) is 0 Å². The van der Waals surface area contributed by atoms with Gasteiger partial charge in [-0.15, -0.1) is 10.1 Å². The zero-order chi connectivity index (χ0) is 5.58. The first-order chi connectivity index (χ1) is 2.73. The molecule has 0 aromatic heterocycles. The molecule has 0 aromatic rings. The summed E-state index contributed by atoms with van der Waals surface area (Å²) < 4.78 is 0. The van der Waals surface area contributed by atoms with Gasteiger partial charge in [0.2, 0.25) is 0 Å². The Morgan fingerprint density at radius 3 is 1.83 bits per heavy atom. The number of nitrogens with zero attached hydrogens (tertiary/aromatic N) is 1. The zero-order valence-electron chi connectivity index (χ0n) is 2.50. The second kappa shape index (κ2) is 8.87. The van der Waals surface area contributed by atoms with Crippen molar-refractivity contribution < 1.29 is 24.7 Å². The molecule has 0 aliphatic rings. The van der Waals surface area contributed by atoms with Gasteiger partial charge in [-0.25, -0.2) is 0 Å². The van der Waals surface area contributed by atoms with Crippen LogP contribution >= 0.6 is 10.6 Å². The molecule has 0 aliphatic heterocycles. The zero-order valence-corrected chi connectivity index (χ0v) is 4.49. The Labute approximate surface area is 45.9 Å². The Hall–Kier alpha value is -0.0605. The second-order valence-corrected chi connectivity index (χ2v) is 0.238. The van der Waals surface area contributed by atoms with Crippen LogP contribution in [-0.4, -0.2) is 10.3 Å². The van der Waals surface area contributed by atoms with Crippen molar-refractivity contribution in [2.24, 2.45) is 0 Å². The normalized spacial score (nSPS) is 4.67. The van der Waals surface area contributed by atoms with Gasteiger partial charge in [0.25, 0.3) is 5.09 Å². The summed E-state index contributed by atoms with van der Waals surface area (Å²) in [5, 5.41) is 13.6. The molecule has 0 saturated heterocycles. The van der Waals surface area contributed by atoms with E-state index < -0.39 is 5.09 Å². The Morgan fingerprint density at radius 1 is 1.83 bits per heavy atom. The molecule has 0 unspecified atom stereocenters. The molecule has 37 valence electrons. The molecule has 0 aromatic carbocycles. The van der Waals surface area contributed by atoms with Crippen LogP contribution in [0.15, 0.2) is 0 Å². The maximum atomic E-state index is 8.36. The number of rotatable bonds is 0.